The Morgan fingerprint density at radius 2 is 1.76 bits per heavy atom. The molecule has 0 amide bonds. The second-order valence-corrected chi connectivity index (χ2v) is 4.29. The molecule has 1 aromatic heterocycles. The Hall–Kier alpha value is -1.32. The minimum absolute atomic E-state index is 0.00667. The average molecular weight is 237 g/mol. The van der Waals surface area contributed by atoms with Crippen molar-refractivity contribution in [1.29, 1.82) is 0 Å². The first kappa shape index (κ1) is 13.7. The van der Waals surface area contributed by atoms with Crippen molar-refractivity contribution in [3.8, 4) is 0 Å². The number of hydrogen-bond donors (Lipinski definition) is 1. The zero-order valence-corrected chi connectivity index (χ0v) is 11.3. The Morgan fingerprint density at radius 1 is 1.18 bits per heavy atom. The zero-order chi connectivity index (χ0) is 12.8. The van der Waals surface area contributed by atoms with E-state index in [1.165, 1.54) is 0 Å². The molecule has 0 radical (unpaired) electrons. The van der Waals surface area contributed by atoms with Gasteiger partial charge in [-0.2, -0.15) is 0 Å². The van der Waals surface area contributed by atoms with Gasteiger partial charge in [-0.05, 0) is 26.2 Å². The maximum Gasteiger partial charge on any atom is 0.255 e. The van der Waals surface area contributed by atoms with E-state index in [2.05, 4.69) is 28.7 Å². The molecule has 0 atom stereocenters. The maximum atomic E-state index is 11.9. The summed E-state index contributed by atoms with van der Waals surface area (Å²) in [4.78, 5) is 21.4. The largest absolute Gasteiger partial charge is 0.342 e. The molecule has 1 aromatic rings. The molecule has 17 heavy (non-hydrogen) atoms. The topological polar surface area (TPSA) is 49.0 Å². The van der Waals surface area contributed by atoms with Gasteiger partial charge in [-0.3, -0.25) is 9.78 Å². The zero-order valence-electron chi connectivity index (χ0n) is 11.3. The number of H-pyrrole nitrogens is 1. The summed E-state index contributed by atoms with van der Waals surface area (Å²) in [5.41, 5.74) is 1.65. The third-order valence-electron chi connectivity index (χ3n) is 2.85. The molecular formula is C13H23N3O. The van der Waals surface area contributed by atoms with E-state index >= 15 is 0 Å². The molecule has 0 spiro atoms. The Balaban J connectivity index is 3.08. The van der Waals surface area contributed by atoms with E-state index in [1.807, 2.05) is 13.8 Å². The highest BCUT2D eigenvalue weighted by atomic mass is 16.1. The lowest BCUT2D eigenvalue weighted by atomic mass is 10.2. The molecule has 0 aliphatic heterocycles. The third-order valence-corrected chi connectivity index (χ3v) is 2.85. The molecule has 4 nitrogen and oxygen atoms in total. The lowest BCUT2D eigenvalue weighted by Crippen LogP contribution is -2.30. The molecule has 0 aliphatic rings. The fraction of sp³-hybridized carbons (Fsp3) is 0.692. The second kappa shape index (κ2) is 6.42. The monoisotopic (exact) mass is 237 g/mol. The molecule has 0 bridgehead atoms. The van der Waals surface area contributed by atoms with E-state index in [0.717, 1.165) is 43.6 Å². The average Bonchev–Trinajstić information content (AvgIpc) is 2.28. The number of nitrogens with zero attached hydrogens (tertiary/aromatic N) is 2. The number of hydrogen-bond acceptors (Lipinski definition) is 3. The molecule has 0 aliphatic carbocycles. The predicted molar refractivity (Wildman–Crippen MR) is 71.8 cm³/mol. The van der Waals surface area contributed by atoms with Crippen LogP contribution >= 0.6 is 0 Å². The minimum Gasteiger partial charge on any atom is -0.342 e. The first-order valence-electron chi connectivity index (χ1n) is 6.48. The molecule has 96 valence electrons. The SMILES string of the molecule is CCCN(CCC)c1nc(C)c(CC)c(=O)[nH]1. The van der Waals surface area contributed by atoms with E-state index in [-0.39, 0.29) is 5.56 Å². The van der Waals surface area contributed by atoms with Crippen molar-refractivity contribution in [1.82, 2.24) is 9.97 Å². The Labute approximate surface area is 103 Å². The van der Waals surface area contributed by atoms with Crippen LogP contribution in [0.2, 0.25) is 0 Å². The Kier molecular flexibility index (Phi) is 5.19. The van der Waals surface area contributed by atoms with Crippen LogP contribution in [0.25, 0.3) is 0 Å². The fourth-order valence-corrected chi connectivity index (χ4v) is 2.03. The third kappa shape index (κ3) is 3.32. The van der Waals surface area contributed by atoms with Gasteiger partial charge in [0.25, 0.3) is 5.56 Å². The number of aromatic amines is 1. The van der Waals surface area contributed by atoms with E-state index in [1.54, 1.807) is 0 Å². The van der Waals surface area contributed by atoms with Crippen molar-refractivity contribution < 1.29 is 0 Å². The molecule has 1 heterocycles. The van der Waals surface area contributed by atoms with Gasteiger partial charge in [0, 0.05) is 24.3 Å². The van der Waals surface area contributed by atoms with Crippen LogP contribution in [0.15, 0.2) is 4.79 Å². The minimum atomic E-state index is 0.00667. The van der Waals surface area contributed by atoms with E-state index < -0.39 is 0 Å². The predicted octanol–water partition coefficient (Wildman–Crippen LogP) is 2.27. The second-order valence-electron chi connectivity index (χ2n) is 4.29. The van der Waals surface area contributed by atoms with Gasteiger partial charge in [-0.1, -0.05) is 20.8 Å². The van der Waals surface area contributed by atoms with Gasteiger partial charge < -0.3 is 4.90 Å². The lowest BCUT2D eigenvalue weighted by Gasteiger charge is -2.22. The summed E-state index contributed by atoms with van der Waals surface area (Å²) < 4.78 is 0. The van der Waals surface area contributed by atoms with Crippen molar-refractivity contribution in [2.24, 2.45) is 0 Å². The quantitative estimate of drug-likeness (QED) is 0.825. The van der Waals surface area contributed by atoms with Crippen molar-refractivity contribution in [2.45, 2.75) is 47.0 Å². The first-order chi connectivity index (χ1) is 8.13. The standard InChI is InChI=1S/C13H23N3O/c1-5-8-16(9-6-2)13-14-10(4)11(7-3)12(17)15-13/h5-9H2,1-4H3,(H,14,15,17). The highest BCUT2D eigenvalue weighted by molar-refractivity contribution is 5.32. The van der Waals surface area contributed by atoms with Crippen molar-refractivity contribution >= 4 is 5.95 Å². The molecule has 0 saturated heterocycles. The summed E-state index contributed by atoms with van der Waals surface area (Å²) >= 11 is 0. The van der Waals surface area contributed by atoms with Gasteiger partial charge in [0.1, 0.15) is 0 Å². The summed E-state index contributed by atoms with van der Waals surface area (Å²) in [6, 6.07) is 0. The maximum absolute atomic E-state index is 11.9. The van der Waals surface area contributed by atoms with Crippen molar-refractivity contribution in [3.05, 3.63) is 21.6 Å². The number of aryl methyl sites for hydroxylation is 1. The molecular weight excluding hydrogens is 214 g/mol. The normalized spacial score (nSPS) is 10.6. The van der Waals surface area contributed by atoms with Gasteiger partial charge in [-0.15, -0.1) is 0 Å². The fourth-order valence-electron chi connectivity index (χ4n) is 2.03. The molecule has 0 unspecified atom stereocenters. The molecule has 0 aromatic carbocycles. The smallest absolute Gasteiger partial charge is 0.255 e. The summed E-state index contributed by atoms with van der Waals surface area (Å²) in [5, 5.41) is 0. The number of rotatable bonds is 6. The Morgan fingerprint density at radius 3 is 2.18 bits per heavy atom. The van der Waals surface area contributed by atoms with Crippen molar-refractivity contribution in [3.63, 3.8) is 0 Å². The van der Waals surface area contributed by atoms with Crippen LogP contribution in [0.5, 0.6) is 0 Å². The number of anilines is 1. The number of aromatic nitrogens is 2. The molecule has 0 fully saturated rings. The summed E-state index contributed by atoms with van der Waals surface area (Å²) in [5.74, 6) is 0.716. The highest BCUT2D eigenvalue weighted by Gasteiger charge is 2.11. The Bertz CT molecular complexity index is 406. The van der Waals surface area contributed by atoms with Gasteiger partial charge in [-0.25, -0.2) is 4.98 Å². The van der Waals surface area contributed by atoms with E-state index in [0.29, 0.717) is 5.95 Å². The summed E-state index contributed by atoms with van der Waals surface area (Å²) in [6.07, 6.45) is 2.84. The van der Waals surface area contributed by atoms with Gasteiger partial charge in [0.15, 0.2) is 0 Å². The van der Waals surface area contributed by atoms with Crippen molar-refractivity contribution in [2.75, 3.05) is 18.0 Å². The van der Waals surface area contributed by atoms with Gasteiger partial charge in [0.05, 0.1) is 0 Å². The van der Waals surface area contributed by atoms with Crippen LogP contribution in [0.4, 0.5) is 5.95 Å². The number of nitrogens with one attached hydrogen (secondary N) is 1. The highest BCUT2D eigenvalue weighted by Crippen LogP contribution is 2.09. The van der Waals surface area contributed by atoms with Gasteiger partial charge >= 0.3 is 0 Å². The lowest BCUT2D eigenvalue weighted by molar-refractivity contribution is 0.714. The van der Waals surface area contributed by atoms with Gasteiger partial charge in [0.2, 0.25) is 5.95 Å². The van der Waals surface area contributed by atoms with E-state index in [9.17, 15) is 4.79 Å². The van der Waals surface area contributed by atoms with Crippen LogP contribution in [-0.4, -0.2) is 23.1 Å². The first-order valence-corrected chi connectivity index (χ1v) is 6.48. The van der Waals surface area contributed by atoms with Crippen LogP contribution in [-0.2, 0) is 6.42 Å². The summed E-state index contributed by atoms with van der Waals surface area (Å²) in [7, 11) is 0. The molecule has 4 heteroatoms. The van der Waals surface area contributed by atoms with Crippen LogP contribution in [0.1, 0.15) is 44.9 Å². The van der Waals surface area contributed by atoms with Crippen LogP contribution in [0.3, 0.4) is 0 Å². The molecule has 0 saturated carbocycles. The molecule has 1 rings (SSSR count). The van der Waals surface area contributed by atoms with E-state index in [4.69, 9.17) is 0 Å². The molecule has 1 N–H and O–H groups in total. The van der Waals surface area contributed by atoms with Crippen LogP contribution < -0.4 is 10.5 Å². The van der Waals surface area contributed by atoms with Crippen LogP contribution in [0, 0.1) is 6.92 Å². The summed E-state index contributed by atoms with van der Waals surface area (Å²) in [6.45, 7) is 10.0.